The van der Waals surface area contributed by atoms with Gasteiger partial charge >= 0.3 is 0 Å². The Hall–Kier alpha value is -2.38. The summed E-state index contributed by atoms with van der Waals surface area (Å²) in [6.45, 7) is 6.19. The molecule has 1 amide bonds. The van der Waals surface area contributed by atoms with Crippen LogP contribution in [0.4, 0.5) is 5.69 Å². The zero-order chi connectivity index (χ0) is 22.0. The lowest BCUT2D eigenvalue weighted by Crippen LogP contribution is -2.36. The molecule has 2 aromatic carbocycles. The molecule has 7 heteroatoms. The molecule has 0 bridgehead atoms. The molecule has 0 aliphatic carbocycles. The van der Waals surface area contributed by atoms with Crippen molar-refractivity contribution in [3.8, 4) is 5.75 Å². The van der Waals surface area contributed by atoms with Gasteiger partial charge in [-0.1, -0.05) is 12.1 Å². The number of fused-ring (bicyclic) bond motifs is 1. The second-order valence-corrected chi connectivity index (χ2v) is 10.3. The van der Waals surface area contributed by atoms with Crippen molar-refractivity contribution in [1.82, 2.24) is 4.31 Å². The SMILES string of the molecule is Cc1cccc(OCCC(=O)N2CCCc3cc(S(=O)(=O)N4CCCC4)ccc32)c1C. The molecule has 0 N–H and O–H groups in total. The second-order valence-electron chi connectivity index (χ2n) is 8.35. The van der Waals surface area contributed by atoms with Crippen molar-refractivity contribution in [2.75, 3.05) is 31.1 Å². The summed E-state index contributed by atoms with van der Waals surface area (Å²) >= 11 is 0. The predicted molar refractivity (Wildman–Crippen MR) is 121 cm³/mol. The highest BCUT2D eigenvalue weighted by molar-refractivity contribution is 7.89. The van der Waals surface area contributed by atoms with Gasteiger partial charge in [0.25, 0.3) is 0 Å². The van der Waals surface area contributed by atoms with E-state index in [0.717, 1.165) is 53.8 Å². The lowest BCUT2D eigenvalue weighted by atomic mass is 10.0. The Bertz CT molecular complexity index is 1070. The van der Waals surface area contributed by atoms with Crippen LogP contribution in [0.3, 0.4) is 0 Å². The molecule has 2 aliphatic heterocycles. The molecular formula is C24H30N2O4S. The van der Waals surface area contributed by atoms with E-state index in [-0.39, 0.29) is 12.3 Å². The van der Waals surface area contributed by atoms with E-state index in [1.54, 1.807) is 27.4 Å². The summed E-state index contributed by atoms with van der Waals surface area (Å²) in [4.78, 5) is 15.0. The number of sulfonamides is 1. The van der Waals surface area contributed by atoms with E-state index in [1.807, 2.05) is 32.0 Å². The molecule has 0 aromatic heterocycles. The first-order chi connectivity index (χ1) is 14.9. The monoisotopic (exact) mass is 442 g/mol. The number of amides is 1. The number of hydrogen-bond donors (Lipinski definition) is 0. The van der Waals surface area contributed by atoms with Gasteiger partial charge in [0, 0.05) is 25.3 Å². The lowest BCUT2D eigenvalue weighted by molar-refractivity contribution is -0.119. The summed E-state index contributed by atoms with van der Waals surface area (Å²) < 4.78 is 33.2. The average molecular weight is 443 g/mol. The zero-order valence-electron chi connectivity index (χ0n) is 18.3. The van der Waals surface area contributed by atoms with Crippen LogP contribution in [0.2, 0.25) is 0 Å². The van der Waals surface area contributed by atoms with Crippen LogP contribution in [0.1, 0.15) is 42.4 Å². The number of aryl methyl sites for hydroxylation is 2. The maximum absolute atomic E-state index is 12.9. The van der Waals surface area contributed by atoms with Gasteiger partial charge in [-0.25, -0.2) is 8.42 Å². The van der Waals surface area contributed by atoms with E-state index < -0.39 is 10.0 Å². The van der Waals surface area contributed by atoms with Gasteiger partial charge in [0.15, 0.2) is 0 Å². The quantitative estimate of drug-likeness (QED) is 0.682. The third-order valence-electron chi connectivity index (χ3n) is 6.30. The molecule has 0 spiro atoms. The summed E-state index contributed by atoms with van der Waals surface area (Å²) in [5.41, 5.74) is 4.00. The third-order valence-corrected chi connectivity index (χ3v) is 8.20. The maximum Gasteiger partial charge on any atom is 0.243 e. The van der Waals surface area contributed by atoms with Crippen molar-refractivity contribution in [3.05, 3.63) is 53.1 Å². The maximum atomic E-state index is 12.9. The molecule has 0 saturated carbocycles. The van der Waals surface area contributed by atoms with Gasteiger partial charge in [0.2, 0.25) is 15.9 Å². The smallest absolute Gasteiger partial charge is 0.243 e. The molecule has 2 aliphatic rings. The number of ether oxygens (including phenoxy) is 1. The Morgan fingerprint density at radius 1 is 1.03 bits per heavy atom. The molecule has 2 heterocycles. The summed E-state index contributed by atoms with van der Waals surface area (Å²) in [7, 11) is -3.45. The zero-order valence-corrected chi connectivity index (χ0v) is 19.1. The van der Waals surface area contributed by atoms with Crippen molar-refractivity contribution in [2.45, 2.75) is 50.8 Å². The highest BCUT2D eigenvalue weighted by Crippen LogP contribution is 2.31. The molecule has 2 aromatic rings. The number of benzene rings is 2. The highest BCUT2D eigenvalue weighted by atomic mass is 32.2. The van der Waals surface area contributed by atoms with Gasteiger partial charge < -0.3 is 9.64 Å². The molecule has 31 heavy (non-hydrogen) atoms. The minimum atomic E-state index is -3.45. The predicted octanol–water partition coefficient (Wildman–Crippen LogP) is 3.84. The van der Waals surface area contributed by atoms with Gasteiger partial charge in [0.05, 0.1) is 17.9 Å². The van der Waals surface area contributed by atoms with Crippen molar-refractivity contribution in [1.29, 1.82) is 0 Å². The van der Waals surface area contributed by atoms with Gasteiger partial charge in [-0.3, -0.25) is 4.79 Å². The average Bonchev–Trinajstić information content (AvgIpc) is 3.31. The van der Waals surface area contributed by atoms with E-state index in [2.05, 4.69) is 0 Å². The molecular weight excluding hydrogens is 412 g/mol. The van der Waals surface area contributed by atoms with E-state index in [1.165, 1.54) is 0 Å². The largest absolute Gasteiger partial charge is 0.493 e. The fourth-order valence-corrected chi connectivity index (χ4v) is 5.90. The molecule has 1 saturated heterocycles. The molecule has 1 fully saturated rings. The van der Waals surface area contributed by atoms with Gasteiger partial charge in [-0.2, -0.15) is 4.31 Å². The van der Waals surface area contributed by atoms with Crippen LogP contribution < -0.4 is 9.64 Å². The first-order valence-electron chi connectivity index (χ1n) is 11.0. The third kappa shape index (κ3) is 4.48. The van der Waals surface area contributed by atoms with Crippen LogP contribution in [0, 0.1) is 13.8 Å². The minimum Gasteiger partial charge on any atom is -0.493 e. The Balaban J connectivity index is 1.45. The van der Waals surface area contributed by atoms with E-state index in [9.17, 15) is 13.2 Å². The summed E-state index contributed by atoms with van der Waals surface area (Å²) in [5, 5.41) is 0. The number of carbonyl (C=O) groups excluding carboxylic acids is 1. The van der Waals surface area contributed by atoms with Crippen LogP contribution in [-0.4, -0.2) is 44.9 Å². The van der Waals surface area contributed by atoms with Crippen LogP contribution in [-0.2, 0) is 21.2 Å². The normalized spacial score (nSPS) is 16.9. The molecule has 166 valence electrons. The topological polar surface area (TPSA) is 66.9 Å². The number of rotatable bonds is 6. The van der Waals surface area contributed by atoms with Crippen LogP contribution in [0.25, 0.3) is 0 Å². The fourth-order valence-electron chi connectivity index (χ4n) is 4.33. The standard InChI is InChI=1S/C24H30N2O4S/c1-18-7-5-9-23(19(18)2)30-16-12-24(27)26-15-6-8-20-17-21(10-11-22(20)26)31(28,29)25-13-3-4-14-25/h5,7,9-11,17H,3-4,6,8,12-16H2,1-2H3. The van der Waals surface area contributed by atoms with E-state index in [4.69, 9.17) is 4.74 Å². The Kier molecular flexibility index (Phi) is 6.34. The number of carbonyl (C=O) groups is 1. The number of nitrogens with zero attached hydrogens (tertiary/aromatic N) is 2. The molecule has 0 radical (unpaired) electrons. The first-order valence-corrected chi connectivity index (χ1v) is 12.4. The number of hydrogen-bond acceptors (Lipinski definition) is 4. The van der Waals surface area contributed by atoms with Crippen molar-refractivity contribution in [3.63, 3.8) is 0 Å². The summed E-state index contributed by atoms with van der Waals surface area (Å²) in [5.74, 6) is 0.810. The lowest BCUT2D eigenvalue weighted by Gasteiger charge is -2.30. The fraction of sp³-hybridized carbons (Fsp3) is 0.458. The van der Waals surface area contributed by atoms with Gasteiger partial charge in [-0.15, -0.1) is 0 Å². The summed E-state index contributed by atoms with van der Waals surface area (Å²) in [6.07, 6.45) is 3.71. The Morgan fingerprint density at radius 2 is 1.81 bits per heavy atom. The van der Waals surface area contributed by atoms with Crippen molar-refractivity contribution >= 4 is 21.6 Å². The minimum absolute atomic E-state index is 0.00130. The molecule has 6 nitrogen and oxygen atoms in total. The van der Waals surface area contributed by atoms with E-state index >= 15 is 0 Å². The van der Waals surface area contributed by atoms with Crippen LogP contribution >= 0.6 is 0 Å². The second kappa shape index (κ2) is 9.01. The number of anilines is 1. The van der Waals surface area contributed by atoms with Crippen LogP contribution in [0.5, 0.6) is 5.75 Å². The van der Waals surface area contributed by atoms with Crippen molar-refractivity contribution < 1.29 is 17.9 Å². The van der Waals surface area contributed by atoms with Crippen LogP contribution in [0.15, 0.2) is 41.3 Å². The first kappa shape index (κ1) is 21.8. The van der Waals surface area contributed by atoms with Gasteiger partial charge in [0.1, 0.15) is 5.75 Å². The summed E-state index contributed by atoms with van der Waals surface area (Å²) in [6, 6.07) is 11.1. The Labute approximate surface area is 184 Å². The van der Waals surface area contributed by atoms with Gasteiger partial charge in [-0.05, 0) is 80.5 Å². The van der Waals surface area contributed by atoms with E-state index in [0.29, 0.717) is 31.1 Å². The Morgan fingerprint density at radius 3 is 2.58 bits per heavy atom. The molecule has 0 unspecified atom stereocenters. The molecule has 4 rings (SSSR count). The highest BCUT2D eigenvalue weighted by Gasteiger charge is 2.29. The van der Waals surface area contributed by atoms with Crippen molar-refractivity contribution in [2.24, 2.45) is 0 Å². The molecule has 0 atom stereocenters.